The Morgan fingerprint density at radius 3 is 2.63 bits per heavy atom. The number of fused-ring (bicyclic) bond motifs is 3. The Morgan fingerprint density at radius 1 is 1.17 bits per heavy atom. The maximum Gasteiger partial charge on any atom is 0.233 e. The van der Waals surface area contributed by atoms with Gasteiger partial charge in [0.15, 0.2) is 5.65 Å². The van der Waals surface area contributed by atoms with Gasteiger partial charge in [0, 0.05) is 19.0 Å². The lowest BCUT2D eigenvalue weighted by Crippen LogP contribution is -2.31. The van der Waals surface area contributed by atoms with Gasteiger partial charge in [-0.2, -0.15) is 0 Å². The molecule has 0 aliphatic carbocycles. The van der Waals surface area contributed by atoms with Gasteiger partial charge in [0.2, 0.25) is 11.1 Å². The van der Waals surface area contributed by atoms with E-state index in [2.05, 4.69) is 26.7 Å². The van der Waals surface area contributed by atoms with Crippen LogP contribution < -0.4 is 0 Å². The normalized spacial score (nSPS) is 12.4. The van der Waals surface area contributed by atoms with Crippen LogP contribution in [0.1, 0.15) is 25.5 Å². The third kappa shape index (κ3) is 3.75. The van der Waals surface area contributed by atoms with Crippen molar-refractivity contribution in [1.29, 1.82) is 0 Å². The first-order chi connectivity index (χ1) is 14.5. The number of hydrogen-bond acceptors (Lipinski definition) is 5. The Morgan fingerprint density at radius 2 is 1.90 bits per heavy atom. The van der Waals surface area contributed by atoms with E-state index >= 15 is 0 Å². The first kappa shape index (κ1) is 20.3. The molecule has 0 aliphatic rings. The number of rotatable bonds is 6. The quantitative estimate of drug-likeness (QED) is 0.429. The number of carbonyl (C=O) groups excluding carboxylic acids is 1. The second kappa shape index (κ2) is 8.39. The Balaban J connectivity index is 1.51. The Hall–Kier alpha value is -3.00. The Labute approximate surface area is 178 Å². The maximum absolute atomic E-state index is 13.1. The van der Waals surface area contributed by atoms with Crippen LogP contribution in [0.15, 0.2) is 53.7 Å². The van der Waals surface area contributed by atoms with Gasteiger partial charge in [-0.15, -0.1) is 10.2 Å². The molecular formula is C22H22FN5OS. The van der Waals surface area contributed by atoms with Crippen LogP contribution in [0, 0.1) is 5.82 Å². The minimum absolute atomic E-state index is 0.0587. The van der Waals surface area contributed by atoms with E-state index in [4.69, 9.17) is 0 Å². The van der Waals surface area contributed by atoms with Crippen molar-refractivity contribution >= 4 is 39.7 Å². The number of aromatic nitrogens is 4. The van der Waals surface area contributed by atoms with E-state index in [1.807, 2.05) is 31.2 Å². The van der Waals surface area contributed by atoms with Gasteiger partial charge < -0.3 is 9.47 Å². The highest BCUT2D eigenvalue weighted by atomic mass is 32.2. The fraction of sp³-hybridized carbons (Fsp3) is 0.273. The van der Waals surface area contributed by atoms with Crippen LogP contribution in [0.4, 0.5) is 4.39 Å². The molecule has 0 radical (unpaired) electrons. The summed E-state index contributed by atoms with van der Waals surface area (Å²) in [6.45, 7) is 4.75. The molecule has 0 saturated heterocycles. The SMILES string of the molecule is CCn1c2ccccc2c2nnc(SCC(=O)N(C)C(C)c3ccc(F)cc3)nc21. The molecule has 30 heavy (non-hydrogen) atoms. The molecule has 0 aliphatic heterocycles. The summed E-state index contributed by atoms with van der Waals surface area (Å²) in [4.78, 5) is 19.0. The van der Waals surface area contributed by atoms with E-state index in [1.54, 1.807) is 24.1 Å². The molecule has 2 heterocycles. The zero-order chi connectivity index (χ0) is 21.3. The summed E-state index contributed by atoms with van der Waals surface area (Å²) in [6, 6.07) is 14.1. The first-order valence-electron chi connectivity index (χ1n) is 9.75. The van der Waals surface area contributed by atoms with E-state index in [0.717, 1.165) is 34.2 Å². The van der Waals surface area contributed by atoms with Crippen molar-refractivity contribution in [3.8, 4) is 0 Å². The molecular weight excluding hydrogens is 401 g/mol. The summed E-state index contributed by atoms with van der Waals surface area (Å²) in [5, 5.41) is 10.1. The maximum atomic E-state index is 13.1. The number of amides is 1. The fourth-order valence-electron chi connectivity index (χ4n) is 3.48. The van der Waals surface area contributed by atoms with Crippen LogP contribution in [0.25, 0.3) is 22.1 Å². The Bertz CT molecular complexity index is 1210. The molecule has 4 rings (SSSR count). The summed E-state index contributed by atoms with van der Waals surface area (Å²) in [6.07, 6.45) is 0. The lowest BCUT2D eigenvalue weighted by molar-refractivity contribution is -0.128. The van der Waals surface area contributed by atoms with Crippen molar-refractivity contribution in [2.45, 2.75) is 31.6 Å². The molecule has 1 atom stereocenters. The standard InChI is InChI=1S/C22H22FN5OS/c1-4-28-18-8-6-5-7-17(18)20-21(28)24-22(26-25-20)30-13-19(29)27(3)14(2)15-9-11-16(23)12-10-15/h5-12,14H,4,13H2,1-3H3. The monoisotopic (exact) mass is 423 g/mol. The van der Waals surface area contributed by atoms with E-state index in [0.29, 0.717) is 5.16 Å². The van der Waals surface area contributed by atoms with E-state index < -0.39 is 0 Å². The molecule has 8 heteroatoms. The van der Waals surface area contributed by atoms with E-state index in [9.17, 15) is 9.18 Å². The van der Waals surface area contributed by atoms with Crippen LogP contribution in [0.5, 0.6) is 0 Å². The van der Waals surface area contributed by atoms with Crippen molar-refractivity contribution in [2.24, 2.45) is 0 Å². The minimum atomic E-state index is -0.292. The van der Waals surface area contributed by atoms with Gasteiger partial charge in [0.1, 0.15) is 11.3 Å². The molecule has 154 valence electrons. The summed E-state index contributed by atoms with van der Waals surface area (Å²) in [5.74, 6) is -0.154. The molecule has 0 bridgehead atoms. The van der Waals surface area contributed by atoms with Gasteiger partial charge in [0.25, 0.3) is 0 Å². The highest BCUT2D eigenvalue weighted by molar-refractivity contribution is 7.99. The summed E-state index contributed by atoms with van der Waals surface area (Å²) in [5.41, 5.74) is 3.49. The third-order valence-electron chi connectivity index (χ3n) is 5.32. The second-order valence-electron chi connectivity index (χ2n) is 7.05. The lowest BCUT2D eigenvalue weighted by Gasteiger charge is -2.25. The summed E-state index contributed by atoms with van der Waals surface area (Å²) in [7, 11) is 1.74. The number of thioether (sulfide) groups is 1. The number of aryl methyl sites for hydroxylation is 1. The van der Waals surface area contributed by atoms with Crippen LogP contribution in [-0.4, -0.2) is 43.4 Å². The predicted molar refractivity (Wildman–Crippen MR) is 117 cm³/mol. The summed E-state index contributed by atoms with van der Waals surface area (Å²) < 4.78 is 15.3. The molecule has 6 nitrogen and oxygen atoms in total. The molecule has 2 aromatic heterocycles. The second-order valence-corrected chi connectivity index (χ2v) is 7.99. The zero-order valence-electron chi connectivity index (χ0n) is 17.0. The van der Waals surface area contributed by atoms with Crippen molar-refractivity contribution in [3.05, 3.63) is 59.9 Å². The van der Waals surface area contributed by atoms with Crippen molar-refractivity contribution in [2.75, 3.05) is 12.8 Å². The van der Waals surface area contributed by atoms with Gasteiger partial charge in [-0.1, -0.05) is 42.1 Å². The average Bonchev–Trinajstić information content (AvgIpc) is 3.09. The average molecular weight is 424 g/mol. The van der Waals surface area contributed by atoms with Gasteiger partial charge in [-0.25, -0.2) is 9.37 Å². The molecule has 0 spiro atoms. The van der Waals surface area contributed by atoms with E-state index in [-0.39, 0.29) is 23.5 Å². The largest absolute Gasteiger partial charge is 0.338 e. The fourth-order valence-corrected chi connectivity index (χ4v) is 4.19. The van der Waals surface area contributed by atoms with Crippen molar-refractivity contribution in [3.63, 3.8) is 0 Å². The van der Waals surface area contributed by atoms with Crippen LogP contribution >= 0.6 is 11.8 Å². The lowest BCUT2D eigenvalue weighted by atomic mass is 10.1. The number of benzene rings is 2. The predicted octanol–water partition coefficient (Wildman–Crippen LogP) is 4.45. The van der Waals surface area contributed by atoms with Crippen LogP contribution in [-0.2, 0) is 11.3 Å². The van der Waals surface area contributed by atoms with E-state index in [1.165, 1.54) is 23.9 Å². The minimum Gasteiger partial charge on any atom is -0.338 e. The molecule has 0 saturated carbocycles. The number of para-hydroxylation sites is 1. The molecule has 0 N–H and O–H groups in total. The zero-order valence-corrected chi connectivity index (χ0v) is 17.9. The van der Waals surface area contributed by atoms with Crippen molar-refractivity contribution < 1.29 is 9.18 Å². The van der Waals surface area contributed by atoms with Gasteiger partial charge in [-0.05, 0) is 37.6 Å². The number of carbonyl (C=O) groups is 1. The molecule has 1 amide bonds. The number of hydrogen-bond donors (Lipinski definition) is 0. The number of halogens is 1. The Kier molecular flexibility index (Phi) is 5.67. The van der Waals surface area contributed by atoms with Crippen LogP contribution in [0.2, 0.25) is 0 Å². The van der Waals surface area contributed by atoms with Crippen molar-refractivity contribution in [1.82, 2.24) is 24.6 Å². The van der Waals surface area contributed by atoms with Gasteiger partial charge in [0.05, 0.1) is 17.3 Å². The van der Waals surface area contributed by atoms with Crippen LogP contribution in [0.3, 0.4) is 0 Å². The highest BCUT2D eigenvalue weighted by Crippen LogP contribution is 2.27. The van der Waals surface area contributed by atoms with Gasteiger partial charge in [-0.3, -0.25) is 4.79 Å². The smallest absolute Gasteiger partial charge is 0.233 e. The molecule has 0 fully saturated rings. The third-order valence-corrected chi connectivity index (χ3v) is 6.14. The summed E-state index contributed by atoms with van der Waals surface area (Å²) >= 11 is 1.27. The molecule has 1 unspecified atom stereocenters. The highest BCUT2D eigenvalue weighted by Gasteiger charge is 2.19. The first-order valence-corrected chi connectivity index (χ1v) is 10.7. The topological polar surface area (TPSA) is 63.9 Å². The van der Waals surface area contributed by atoms with Gasteiger partial charge >= 0.3 is 0 Å². The molecule has 4 aromatic rings. The molecule has 2 aromatic carbocycles. The number of nitrogens with zero attached hydrogens (tertiary/aromatic N) is 5.